The number of rotatable bonds is 6. The molecule has 0 radical (unpaired) electrons. The molecule has 1 aliphatic heterocycles. The van der Waals surface area contributed by atoms with Crippen molar-refractivity contribution in [2.45, 2.75) is 31.2 Å². The van der Waals surface area contributed by atoms with Gasteiger partial charge in [0.1, 0.15) is 0 Å². The SMILES string of the molecule is CCCN(CC1CCCNC1)S(=O)(=O)c1cn(C)cn1. The minimum atomic E-state index is -3.47. The minimum absolute atomic E-state index is 0.150. The predicted molar refractivity (Wildman–Crippen MR) is 77.9 cm³/mol. The number of imidazole rings is 1. The molecule has 1 aromatic rings. The van der Waals surface area contributed by atoms with E-state index >= 15 is 0 Å². The fourth-order valence-corrected chi connectivity index (χ4v) is 4.16. The molecule has 1 aromatic heterocycles. The second kappa shape index (κ2) is 6.69. The van der Waals surface area contributed by atoms with Gasteiger partial charge in [0.25, 0.3) is 10.0 Å². The molecule has 1 fully saturated rings. The van der Waals surface area contributed by atoms with E-state index in [1.807, 2.05) is 6.92 Å². The lowest BCUT2D eigenvalue weighted by Crippen LogP contribution is -2.41. The molecule has 0 bridgehead atoms. The van der Waals surface area contributed by atoms with Crippen LogP contribution >= 0.6 is 0 Å². The van der Waals surface area contributed by atoms with E-state index in [1.54, 1.807) is 22.1 Å². The lowest BCUT2D eigenvalue weighted by Gasteiger charge is -2.28. The first-order valence-corrected chi connectivity index (χ1v) is 8.67. The van der Waals surface area contributed by atoms with Crippen molar-refractivity contribution in [1.29, 1.82) is 0 Å². The van der Waals surface area contributed by atoms with Crippen LogP contribution in [0.2, 0.25) is 0 Å². The van der Waals surface area contributed by atoms with Gasteiger partial charge in [-0.1, -0.05) is 6.92 Å². The Morgan fingerprint density at radius 3 is 2.90 bits per heavy atom. The maximum Gasteiger partial charge on any atom is 0.262 e. The normalized spacial score (nSPS) is 20.4. The molecule has 7 heteroatoms. The van der Waals surface area contributed by atoms with Crippen LogP contribution in [0.5, 0.6) is 0 Å². The molecule has 1 unspecified atom stereocenters. The van der Waals surface area contributed by atoms with Gasteiger partial charge in [0, 0.05) is 26.3 Å². The summed E-state index contributed by atoms with van der Waals surface area (Å²) in [5, 5.41) is 3.49. The Kier molecular flexibility index (Phi) is 5.17. The van der Waals surface area contributed by atoms with Crippen LogP contribution in [-0.2, 0) is 17.1 Å². The second-order valence-corrected chi connectivity index (χ2v) is 7.34. The van der Waals surface area contributed by atoms with Crippen molar-refractivity contribution in [3.63, 3.8) is 0 Å². The average Bonchev–Trinajstić information content (AvgIpc) is 2.87. The van der Waals surface area contributed by atoms with Crippen LogP contribution in [0, 0.1) is 5.92 Å². The van der Waals surface area contributed by atoms with Crippen LogP contribution in [0.15, 0.2) is 17.6 Å². The number of nitrogens with one attached hydrogen (secondary N) is 1. The number of hydrogen-bond acceptors (Lipinski definition) is 4. The summed E-state index contributed by atoms with van der Waals surface area (Å²) < 4.78 is 28.5. The summed E-state index contributed by atoms with van der Waals surface area (Å²) in [4.78, 5) is 4.00. The highest BCUT2D eigenvalue weighted by Gasteiger charge is 2.28. The maximum atomic E-state index is 12.6. The van der Waals surface area contributed by atoms with Crippen molar-refractivity contribution in [2.24, 2.45) is 13.0 Å². The van der Waals surface area contributed by atoms with Crippen LogP contribution in [0.1, 0.15) is 26.2 Å². The van der Waals surface area contributed by atoms with E-state index in [4.69, 9.17) is 0 Å². The Labute approximate surface area is 121 Å². The highest BCUT2D eigenvalue weighted by molar-refractivity contribution is 7.89. The summed E-state index contributed by atoms with van der Waals surface area (Å²) >= 11 is 0. The smallest absolute Gasteiger partial charge is 0.262 e. The zero-order valence-electron chi connectivity index (χ0n) is 12.2. The van der Waals surface area contributed by atoms with Crippen LogP contribution in [0.25, 0.3) is 0 Å². The summed E-state index contributed by atoms with van der Waals surface area (Å²) in [6, 6.07) is 0. The van der Waals surface area contributed by atoms with E-state index in [9.17, 15) is 8.42 Å². The summed E-state index contributed by atoms with van der Waals surface area (Å²) in [6.45, 7) is 5.07. The third-order valence-electron chi connectivity index (χ3n) is 3.62. The molecule has 0 saturated carbocycles. The van der Waals surface area contributed by atoms with Gasteiger partial charge in [0.2, 0.25) is 0 Å². The number of nitrogens with zero attached hydrogens (tertiary/aromatic N) is 3. The fraction of sp³-hybridized carbons (Fsp3) is 0.769. The third kappa shape index (κ3) is 3.59. The third-order valence-corrected chi connectivity index (χ3v) is 5.37. The Bertz CT molecular complexity index is 520. The molecule has 6 nitrogen and oxygen atoms in total. The summed E-state index contributed by atoms with van der Waals surface area (Å²) in [7, 11) is -1.69. The molecule has 2 rings (SSSR count). The number of hydrogen-bond donors (Lipinski definition) is 1. The van der Waals surface area contributed by atoms with Crippen LogP contribution in [-0.4, -0.2) is 48.5 Å². The van der Waals surface area contributed by atoms with Gasteiger partial charge in [-0.2, -0.15) is 4.31 Å². The summed E-state index contributed by atoms with van der Waals surface area (Å²) in [5.74, 6) is 0.397. The number of aromatic nitrogens is 2. The monoisotopic (exact) mass is 300 g/mol. The van der Waals surface area contributed by atoms with Gasteiger partial charge in [0.15, 0.2) is 5.03 Å². The first kappa shape index (κ1) is 15.5. The van der Waals surface area contributed by atoms with E-state index in [0.717, 1.165) is 32.4 Å². The number of piperidine rings is 1. The lowest BCUT2D eigenvalue weighted by atomic mass is 10.00. The molecule has 0 amide bonds. The zero-order valence-corrected chi connectivity index (χ0v) is 13.1. The molecule has 2 heterocycles. The van der Waals surface area contributed by atoms with Crippen molar-refractivity contribution < 1.29 is 8.42 Å². The Hall–Kier alpha value is -0.920. The Morgan fingerprint density at radius 1 is 1.55 bits per heavy atom. The molecular formula is C13H24N4O2S. The van der Waals surface area contributed by atoms with Crippen molar-refractivity contribution >= 4 is 10.0 Å². The molecule has 114 valence electrons. The first-order chi connectivity index (χ1) is 9.54. The van der Waals surface area contributed by atoms with Gasteiger partial charge in [-0.3, -0.25) is 0 Å². The van der Waals surface area contributed by atoms with Crippen LogP contribution in [0.4, 0.5) is 0 Å². The van der Waals surface area contributed by atoms with Gasteiger partial charge in [-0.05, 0) is 38.3 Å². The van der Waals surface area contributed by atoms with Crippen molar-refractivity contribution in [2.75, 3.05) is 26.2 Å². The lowest BCUT2D eigenvalue weighted by molar-refractivity contribution is 0.291. The van der Waals surface area contributed by atoms with Gasteiger partial charge in [0.05, 0.1) is 6.33 Å². The van der Waals surface area contributed by atoms with Gasteiger partial charge in [-0.15, -0.1) is 0 Å². The predicted octanol–water partition coefficient (Wildman–Crippen LogP) is 0.820. The molecule has 1 atom stereocenters. The average molecular weight is 300 g/mol. The summed E-state index contributed by atoms with van der Waals surface area (Å²) in [5.41, 5.74) is 0. The van der Waals surface area contributed by atoms with Crippen LogP contribution < -0.4 is 5.32 Å². The largest absolute Gasteiger partial charge is 0.339 e. The maximum absolute atomic E-state index is 12.6. The van der Waals surface area contributed by atoms with Crippen molar-refractivity contribution in [1.82, 2.24) is 19.2 Å². The Morgan fingerprint density at radius 2 is 2.35 bits per heavy atom. The number of aryl methyl sites for hydroxylation is 1. The molecule has 20 heavy (non-hydrogen) atoms. The van der Waals surface area contributed by atoms with E-state index in [-0.39, 0.29) is 5.03 Å². The van der Waals surface area contributed by atoms with Gasteiger partial charge < -0.3 is 9.88 Å². The van der Waals surface area contributed by atoms with E-state index in [0.29, 0.717) is 19.0 Å². The quantitative estimate of drug-likeness (QED) is 0.844. The van der Waals surface area contributed by atoms with Crippen molar-refractivity contribution in [3.8, 4) is 0 Å². The molecule has 1 saturated heterocycles. The van der Waals surface area contributed by atoms with Gasteiger partial charge in [-0.25, -0.2) is 13.4 Å². The second-order valence-electron chi connectivity index (χ2n) is 5.45. The highest BCUT2D eigenvalue weighted by atomic mass is 32.2. The molecular weight excluding hydrogens is 276 g/mol. The number of sulfonamides is 1. The summed E-state index contributed by atoms with van der Waals surface area (Å²) in [6.07, 6.45) is 6.11. The van der Waals surface area contributed by atoms with Crippen LogP contribution in [0.3, 0.4) is 0 Å². The van der Waals surface area contributed by atoms with E-state index in [2.05, 4.69) is 10.3 Å². The zero-order chi connectivity index (χ0) is 14.6. The standard InChI is InChI=1S/C13H24N4O2S/c1-3-7-17(9-12-5-4-6-14-8-12)20(18,19)13-10-16(2)11-15-13/h10-12,14H,3-9H2,1-2H3. The molecule has 0 spiro atoms. The van der Waals surface area contributed by atoms with E-state index in [1.165, 1.54) is 6.33 Å². The molecule has 0 aliphatic carbocycles. The first-order valence-electron chi connectivity index (χ1n) is 7.23. The van der Waals surface area contributed by atoms with Crippen molar-refractivity contribution in [3.05, 3.63) is 12.5 Å². The minimum Gasteiger partial charge on any atom is -0.339 e. The molecule has 0 aromatic carbocycles. The molecule has 1 aliphatic rings. The van der Waals surface area contributed by atoms with Gasteiger partial charge >= 0.3 is 0 Å². The molecule has 1 N–H and O–H groups in total. The Balaban J connectivity index is 2.14. The van der Waals surface area contributed by atoms with E-state index < -0.39 is 10.0 Å². The highest BCUT2D eigenvalue weighted by Crippen LogP contribution is 2.18. The topological polar surface area (TPSA) is 67.2 Å². The fourth-order valence-electron chi connectivity index (χ4n) is 2.58.